The van der Waals surface area contributed by atoms with Gasteiger partial charge in [0.1, 0.15) is 6.29 Å². The lowest BCUT2D eigenvalue weighted by Gasteiger charge is -1.91. The third kappa shape index (κ3) is 2.73. The number of hydrazine groups is 1. The van der Waals surface area contributed by atoms with E-state index in [-0.39, 0.29) is 5.56 Å². The van der Waals surface area contributed by atoms with E-state index >= 15 is 0 Å². The van der Waals surface area contributed by atoms with Crippen LogP contribution in [0, 0.1) is 11.6 Å². The number of carbonyl (C=O) groups is 1. The first-order valence-corrected chi connectivity index (χ1v) is 2.97. The number of hydrogen-bond acceptors (Lipinski definition) is 3. The number of nitrogens with two attached hydrogens (primary N) is 2. The number of hydrogen-bond donors (Lipinski definition) is 2. The molecule has 66 valence electrons. The zero-order valence-corrected chi connectivity index (χ0v) is 6.13. The van der Waals surface area contributed by atoms with Crippen LogP contribution in [0.4, 0.5) is 8.78 Å². The lowest BCUT2D eigenvalue weighted by Crippen LogP contribution is -2.02. The summed E-state index contributed by atoms with van der Waals surface area (Å²) in [6.45, 7) is 0. The SMILES string of the molecule is NN.O=Cc1ccc(F)c(F)c1. The molecule has 0 amide bonds. The monoisotopic (exact) mass is 174 g/mol. The van der Waals surface area contributed by atoms with Crippen molar-refractivity contribution in [2.45, 2.75) is 0 Å². The summed E-state index contributed by atoms with van der Waals surface area (Å²) in [7, 11) is 0. The first kappa shape index (κ1) is 10.7. The molecule has 1 aromatic carbocycles. The van der Waals surface area contributed by atoms with Crippen molar-refractivity contribution in [3.63, 3.8) is 0 Å². The molecule has 4 N–H and O–H groups in total. The van der Waals surface area contributed by atoms with Gasteiger partial charge < -0.3 is 0 Å². The Labute approximate surface area is 67.9 Å². The molecule has 0 aromatic heterocycles. The second kappa shape index (κ2) is 5.34. The van der Waals surface area contributed by atoms with Crippen molar-refractivity contribution in [1.82, 2.24) is 0 Å². The molecule has 0 radical (unpaired) electrons. The molecule has 3 nitrogen and oxygen atoms in total. The normalized spacial score (nSPS) is 8.33. The predicted octanol–water partition coefficient (Wildman–Crippen LogP) is 0.596. The van der Waals surface area contributed by atoms with E-state index in [1.54, 1.807) is 0 Å². The summed E-state index contributed by atoms with van der Waals surface area (Å²) in [5, 5.41) is 0. The maximum atomic E-state index is 12.2. The molecule has 0 fully saturated rings. The zero-order chi connectivity index (χ0) is 9.56. The van der Waals surface area contributed by atoms with Crippen LogP contribution in [0.1, 0.15) is 10.4 Å². The van der Waals surface area contributed by atoms with E-state index in [9.17, 15) is 13.6 Å². The summed E-state index contributed by atoms with van der Waals surface area (Å²) in [4.78, 5) is 9.98. The van der Waals surface area contributed by atoms with Gasteiger partial charge in [-0.05, 0) is 18.2 Å². The van der Waals surface area contributed by atoms with E-state index in [0.29, 0.717) is 6.29 Å². The van der Waals surface area contributed by atoms with Crippen molar-refractivity contribution >= 4 is 6.29 Å². The summed E-state index contributed by atoms with van der Waals surface area (Å²) in [6.07, 6.45) is 0.461. The molecule has 12 heavy (non-hydrogen) atoms. The molecule has 0 saturated carbocycles. The Kier molecular flexibility index (Phi) is 4.75. The van der Waals surface area contributed by atoms with E-state index in [1.165, 1.54) is 6.07 Å². The van der Waals surface area contributed by atoms with Gasteiger partial charge in [-0.3, -0.25) is 16.5 Å². The van der Waals surface area contributed by atoms with E-state index in [2.05, 4.69) is 11.7 Å². The number of benzene rings is 1. The number of carbonyl (C=O) groups excluding carboxylic acids is 1. The summed E-state index contributed by atoms with van der Waals surface area (Å²) in [5.74, 6) is 6.06. The van der Waals surface area contributed by atoms with Gasteiger partial charge in [-0.2, -0.15) is 0 Å². The van der Waals surface area contributed by atoms with Gasteiger partial charge in [0, 0.05) is 5.56 Å². The van der Waals surface area contributed by atoms with Gasteiger partial charge in [0.15, 0.2) is 11.6 Å². The number of rotatable bonds is 1. The van der Waals surface area contributed by atoms with Crippen LogP contribution in [-0.2, 0) is 0 Å². The highest BCUT2D eigenvalue weighted by atomic mass is 19.2. The summed E-state index contributed by atoms with van der Waals surface area (Å²) in [6, 6.07) is 2.98. The largest absolute Gasteiger partial charge is 0.298 e. The maximum absolute atomic E-state index is 12.2. The van der Waals surface area contributed by atoms with Crippen molar-refractivity contribution in [2.75, 3.05) is 0 Å². The minimum atomic E-state index is -0.996. The van der Waals surface area contributed by atoms with E-state index in [1.807, 2.05) is 0 Å². The van der Waals surface area contributed by atoms with Crippen LogP contribution in [0.2, 0.25) is 0 Å². The topological polar surface area (TPSA) is 69.1 Å². The Bertz CT molecular complexity index is 266. The highest BCUT2D eigenvalue weighted by molar-refractivity contribution is 5.74. The molecule has 0 heterocycles. The molecule has 0 spiro atoms. The van der Waals surface area contributed by atoms with Gasteiger partial charge in [-0.1, -0.05) is 0 Å². The first-order valence-electron chi connectivity index (χ1n) is 2.97. The third-order valence-electron chi connectivity index (χ3n) is 1.08. The van der Waals surface area contributed by atoms with E-state index in [0.717, 1.165) is 12.1 Å². The molecule has 0 aliphatic carbocycles. The summed E-state index contributed by atoms with van der Waals surface area (Å²) in [5.41, 5.74) is 0.138. The van der Waals surface area contributed by atoms with Crippen LogP contribution < -0.4 is 11.7 Å². The molecule has 1 aromatic rings. The molecule has 5 heteroatoms. The molecule has 0 atom stereocenters. The molecule has 0 saturated heterocycles. The van der Waals surface area contributed by atoms with Gasteiger partial charge in [0.25, 0.3) is 0 Å². The maximum Gasteiger partial charge on any atom is 0.159 e. The Morgan fingerprint density at radius 1 is 1.17 bits per heavy atom. The average Bonchev–Trinajstić information content (AvgIpc) is 2.13. The van der Waals surface area contributed by atoms with E-state index in [4.69, 9.17) is 0 Å². The molecular formula is C7H8F2N2O. The molecule has 1 rings (SSSR count). The van der Waals surface area contributed by atoms with Crippen molar-refractivity contribution < 1.29 is 13.6 Å². The fourth-order valence-electron chi connectivity index (χ4n) is 0.586. The van der Waals surface area contributed by atoms with Gasteiger partial charge in [-0.25, -0.2) is 8.78 Å². The zero-order valence-electron chi connectivity index (χ0n) is 6.13. The van der Waals surface area contributed by atoms with E-state index < -0.39 is 11.6 Å². The average molecular weight is 174 g/mol. The summed E-state index contributed by atoms with van der Waals surface area (Å²) >= 11 is 0. The quantitative estimate of drug-likeness (QED) is 0.372. The van der Waals surface area contributed by atoms with Crippen LogP contribution in [0.15, 0.2) is 18.2 Å². The predicted molar refractivity (Wildman–Crippen MR) is 40.1 cm³/mol. The van der Waals surface area contributed by atoms with Crippen LogP contribution in [0.5, 0.6) is 0 Å². The minimum Gasteiger partial charge on any atom is -0.298 e. The van der Waals surface area contributed by atoms with Gasteiger partial charge in [-0.15, -0.1) is 0 Å². The second-order valence-electron chi connectivity index (χ2n) is 1.79. The Morgan fingerprint density at radius 3 is 2.17 bits per heavy atom. The smallest absolute Gasteiger partial charge is 0.159 e. The van der Waals surface area contributed by atoms with Crippen LogP contribution in [0.3, 0.4) is 0 Å². The van der Waals surface area contributed by atoms with Crippen molar-refractivity contribution in [3.8, 4) is 0 Å². The van der Waals surface area contributed by atoms with Crippen molar-refractivity contribution in [1.29, 1.82) is 0 Å². The summed E-state index contributed by atoms with van der Waals surface area (Å²) < 4.78 is 24.4. The molecule has 0 aliphatic rings. The van der Waals surface area contributed by atoms with Crippen molar-refractivity contribution in [2.24, 2.45) is 11.7 Å². The van der Waals surface area contributed by atoms with Crippen LogP contribution in [0.25, 0.3) is 0 Å². The fraction of sp³-hybridized carbons (Fsp3) is 0. The highest BCUT2D eigenvalue weighted by Gasteiger charge is 1.99. The first-order chi connectivity index (χ1) is 5.74. The Morgan fingerprint density at radius 2 is 1.75 bits per heavy atom. The molecular weight excluding hydrogens is 166 g/mol. The van der Waals surface area contributed by atoms with Crippen molar-refractivity contribution in [3.05, 3.63) is 35.4 Å². The highest BCUT2D eigenvalue weighted by Crippen LogP contribution is 2.06. The van der Waals surface area contributed by atoms with Crippen LogP contribution in [-0.4, -0.2) is 6.29 Å². The van der Waals surface area contributed by atoms with Gasteiger partial charge >= 0.3 is 0 Å². The number of aldehydes is 1. The minimum absolute atomic E-state index is 0.138. The molecule has 0 unspecified atom stereocenters. The fourth-order valence-corrected chi connectivity index (χ4v) is 0.586. The Balaban J connectivity index is 0.000000561. The van der Waals surface area contributed by atoms with Gasteiger partial charge in [0.05, 0.1) is 0 Å². The van der Waals surface area contributed by atoms with Gasteiger partial charge in [0.2, 0.25) is 0 Å². The molecule has 0 aliphatic heterocycles. The standard InChI is InChI=1S/C7H4F2O.H4N2/c8-6-2-1-5(4-10)3-7(6)9;1-2/h1-4H;1-2H2. The Hall–Kier alpha value is -1.33. The number of halogens is 2. The lowest BCUT2D eigenvalue weighted by molar-refractivity contribution is 0.112. The molecule has 0 bridgehead atoms. The third-order valence-corrected chi connectivity index (χ3v) is 1.08. The van der Waals surface area contributed by atoms with Crippen LogP contribution >= 0.6 is 0 Å². The second-order valence-corrected chi connectivity index (χ2v) is 1.79. The lowest BCUT2D eigenvalue weighted by atomic mass is 10.2.